The number of halogens is 1. The SMILES string of the molecule is CC(C)CC(C)Oc1ccc(C(=N)N)cc1F. The van der Waals surface area contributed by atoms with E-state index in [9.17, 15) is 4.39 Å². The van der Waals surface area contributed by atoms with Gasteiger partial charge in [0, 0.05) is 5.56 Å². The normalized spacial score (nSPS) is 12.5. The summed E-state index contributed by atoms with van der Waals surface area (Å²) in [6, 6.07) is 4.32. The van der Waals surface area contributed by atoms with E-state index in [1.54, 1.807) is 6.07 Å². The molecule has 1 atom stereocenters. The van der Waals surface area contributed by atoms with Crippen molar-refractivity contribution in [3.8, 4) is 5.75 Å². The van der Waals surface area contributed by atoms with E-state index in [4.69, 9.17) is 15.9 Å². The number of hydrogen-bond donors (Lipinski definition) is 2. The highest BCUT2D eigenvalue weighted by molar-refractivity contribution is 5.95. The molecule has 0 radical (unpaired) electrons. The number of hydrogen-bond acceptors (Lipinski definition) is 2. The van der Waals surface area contributed by atoms with Crippen LogP contribution in [0.2, 0.25) is 0 Å². The van der Waals surface area contributed by atoms with Gasteiger partial charge >= 0.3 is 0 Å². The predicted molar refractivity (Wildman–Crippen MR) is 67.0 cm³/mol. The third-order valence-electron chi connectivity index (χ3n) is 2.37. The van der Waals surface area contributed by atoms with E-state index in [1.165, 1.54) is 12.1 Å². The van der Waals surface area contributed by atoms with E-state index in [0.29, 0.717) is 11.5 Å². The molecule has 94 valence electrons. The molecule has 0 amide bonds. The van der Waals surface area contributed by atoms with Gasteiger partial charge in [-0.05, 0) is 37.5 Å². The van der Waals surface area contributed by atoms with Crippen LogP contribution < -0.4 is 10.5 Å². The molecule has 17 heavy (non-hydrogen) atoms. The Morgan fingerprint density at radius 1 is 1.41 bits per heavy atom. The Bertz CT molecular complexity index is 404. The number of nitrogens with two attached hydrogens (primary N) is 1. The molecule has 0 aliphatic rings. The molecule has 1 unspecified atom stereocenters. The molecule has 0 aromatic heterocycles. The number of nitrogen functional groups attached to an aromatic ring is 1. The van der Waals surface area contributed by atoms with E-state index in [1.807, 2.05) is 6.92 Å². The van der Waals surface area contributed by atoms with Gasteiger partial charge in [-0.25, -0.2) is 4.39 Å². The van der Waals surface area contributed by atoms with Crippen LogP contribution in [0.3, 0.4) is 0 Å². The molecule has 0 saturated carbocycles. The molecule has 0 saturated heterocycles. The second-order valence-corrected chi connectivity index (χ2v) is 4.62. The lowest BCUT2D eigenvalue weighted by Gasteiger charge is -2.17. The first-order valence-electron chi connectivity index (χ1n) is 5.70. The highest BCUT2D eigenvalue weighted by Gasteiger charge is 2.11. The molecule has 1 aromatic rings. The van der Waals surface area contributed by atoms with Crippen LogP contribution in [-0.2, 0) is 0 Å². The van der Waals surface area contributed by atoms with Gasteiger partial charge in [-0.15, -0.1) is 0 Å². The van der Waals surface area contributed by atoms with Crippen molar-refractivity contribution >= 4 is 5.84 Å². The van der Waals surface area contributed by atoms with Crippen molar-refractivity contribution in [1.29, 1.82) is 5.41 Å². The van der Waals surface area contributed by atoms with Crippen LogP contribution in [-0.4, -0.2) is 11.9 Å². The Hall–Kier alpha value is -1.58. The van der Waals surface area contributed by atoms with Crippen LogP contribution in [0.1, 0.15) is 32.8 Å². The van der Waals surface area contributed by atoms with Gasteiger partial charge in [-0.1, -0.05) is 13.8 Å². The molecule has 0 heterocycles. The van der Waals surface area contributed by atoms with Crippen molar-refractivity contribution in [3.05, 3.63) is 29.6 Å². The molecule has 3 nitrogen and oxygen atoms in total. The number of benzene rings is 1. The molecule has 0 aliphatic heterocycles. The van der Waals surface area contributed by atoms with Crippen LogP contribution in [0.15, 0.2) is 18.2 Å². The lowest BCUT2D eigenvalue weighted by atomic mass is 10.1. The first kappa shape index (κ1) is 13.5. The second-order valence-electron chi connectivity index (χ2n) is 4.62. The maximum Gasteiger partial charge on any atom is 0.165 e. The van der Waals surface area contributed by atoms with Gasteiger partial charge in [0.05, 0.1) is 6.10 Å². The summed E-state index contributed by atoms with van der Waals surface area (Å²) in [6.45, 7) is 6.10. The van der Waals surface area contributed by atoms with Crippen LogP contribution in [0.4, 0.5) is 4.39 Å². The zero-order valence-corrected chi connectivity index (χ0v) is 10.5. The predicted octanol–water partition coefficient (Wildman–Crippen LogP) is 2.92. The van der Waals surface area contributed by atoms with Crippen molar-refractivity contribution in [2.24, 2.45) is 11.7 Å². The summed E-state index contributed by atoms with van der Waals surface area (Å²) < 4.78 is 19.1. The Morgan fingerprint density at radius 3 is 2.53 bits per heavy atom. The van der Waals surface area contributed by atoms with Crippen molar-refractivity contribution in [1.82, 2.24) is 0 Å². The van der Waals surface area contributed by atoms with Crippen molar-refractivity contribution in [2.45, 2.75) is 33.3 Å². The molecule has 3 N–H and O–H groups in total. The van der Waals surface area contributed by atoms with Gasteiger partial charge in [-0.2, -0.15) is 0 Å². The minimum atomic E-state index is -0.478. The number of ether oxygens (including phenoxy) is 1. The summed E-state index contributed by atoms with van der Waals surface area (Å²) in [4.78, 5) is 0. The summed E-state index contributed by atoms with van der Waals surface area (Å²) in [5, 5.41) is 7.21. The van der Waals surface area contributed by atoms with Crippen LogP contribution in [0.25, 0.3) is 0 Å². The van der Waals surface area contributed by atoms with Gasteiger partial charge < -0.3 is 10.5 Å². The smallest absolute Gasteiger partial charge is 0.165 e. The highest BCUT2D eigenvalue weighted by Crippen LogP contribution is 2.21. The van der Waals surface area contributed by atoms with Gasteiger partial charge in [-0.3, -0.25) is 5.41 Å². The average molecular weight is 238 g/mol. The number of amidine groups is 1. The summed E-state index contributed by atoms with van der Waals surface area (Å²) in [5.74, 6) is 0.0895. The lowest BCUT2D eigenvalue weighted by molar-refractivity contribution is 0.185. The first-order valence-corrected chi connectivity index (χ1v) is 5.70. The minimum Gasteiger partial charge on any atom is -0.488 e. The maximum absolute atomic E-state index is 13.6. The van der Waals surface area contributed by atoms with Crippen LogP contribution >= 0.6 is 0 Å². The van der Waals surface area contributed by atoms with Crippen molar-refractivity contribution in [3.63, 3.8) is 0 Å². The number of rotatable bonds is 5. The number of nitrogens with one attached hydrogen (secondary N) is 1. The van der Waals surface area contributed by atoms with Crippen molar-refractivity contribution in [2.75, 3.05) is 0 Å². The van der Waals surface area contributed by atoms with E-state index in [2.05, 4.69) is 13.8 Å². The molecular formula is C13H19FN2O. The molecule has 0 spiro atoms. The lowest BCUT2D eigenvalue weighted by Crippen LogP contribution is -2.16. The Labute approximate surface area is 101 Å². The van der Waals surface area contributed by atoms with Gasteiger partial charge in [0.1, 0.15) is 5.84 Å². The monoisotopic (exact) mass is 238 g/mol. The van der Waals surface area contributed by atoms with E-state index in [0.717, 1.165) is 6.42 Å². The first-order chi connectivity index (χ1) is 7.90. The summed E-state index contributed by atoms with van der Waals surface area (Å²) in [6.07, 6.45) is 0.834. The Kier molecular flexibility index (Phi) is 4.49. The van der Waals surface area contributed by atoms with Gasteiger partial charge in [0.15, 0.2) is 11.6 Å². The standard InChI is InChI=1S/C13H19FN2O/c1-8(2)6-9(3)17-12-5-4-10(13(15)16)7-11(12)14/h4-5,7-9H,6H2,1-3H3,(H3,15,16). The summed E-state index contributed by atoms with van der Waals surface area (Å²) in [7, 11) is 0. The quantitative estimate of drug-likeness (QED) is 0.612. The highest BCUT2D eigenvalue weighted by atomic mass is 19.1. The fraction of sp³-hybridized carbons (Fsp3) is 0.462. The van der Waals surface area contributed by atoms with E-state index in [-0.39, 0.29) is 17.7 Å². The van der Waals surface area contributed by atoms with Gasteiger partial charge in [0.2, 0.25) is 0 Å². The zero-order chi connectivity index (χ0) is 13.0. The maximum atomic E-state index is 13.6. The average Bonchev–Trinajstić information content (AvgIpc) is 2.19. The zero-order valence-electron chi connectivity index (χ0n) is 10.5. The fourth-order valence-corrected chi connectivity index (χ4v) is 1.69. The Morgan fingerprint density at radius 2 is 2.06 bits per heavy atom. The third-order valence-corrected chi connectivity index (χ3v) is 2.37. The summed E-state index contributed by atoms with van der Waals surface area (Å²) in [5.41, 5.74) is 5.64. The topological polar surface area (TPSA) is 59.1 Å². The molecular weight excluding hydrogens is 219 g/mol. The molecule has 1 aromatic carbocycles. The Balaban J connectivity index is 2.75. The van der Waals surface area contributed by atoms with Crippen LogP contribution in [0, 0.1) is 17.1 Å². The minimum absolute atomic E-state index is 0.0346. The fourth-order valence-electron chi connectivity index (χ4n) is 1.69. The largest absolute Gasteiger partial charge is 0.488 e. The third kappa shape index (κ3) is 4.06. The van der Waals surface area contributed by atoms with E-state index < -0.39 is 5.82 Å². The molecule has 1 rings (SSSR count). The van der Waals surface area contributed by atoms with Crippen molar-refractivity contribution < 1.29 is 9.13 Å². The van der Waals surface area contributed by atoms with E-state index >= 15 is 0 Å². The molecule has 0 bridgehead atoms. The molecule has 0 fully saturated rings. The molecule has 4 heteroatoms. The second kappa shape index (κ2) is 5.66. The van der Waals surface area contributed by atoms with Gasteiger partial charge in [0.25, 0.3) is 0 Å². The summed E-state index contributed by atoms with van der Waals surface area (Å²) >= 11 is 0. The molecule has 0 aliphatic carbocycles. The van der Waals surface area contributed by atoms with Crippen LogP contribution in [0.5, 0.6) is 5.75 Å².